The molecule has 8 heteroatoms. The Kier molecular flexibility index (Phi) is 6.67. The van der Waals surface area contributed by atoms with Gasteiger partial charge in [0.2, 0.25) is 0 Å². The minimum Gasteiger partial charge on any atom is -0.337 e. The van der Waals surface area contributed by atoms with Gasteiger partial charge in [0, 0.05) is 24.1 Å². The number of nitrogens with zero attached hydrogens (tertiary/aromatic N) is 2. The molecule has 2 aromatic carbocycles. The predicted molar refractivity (Wildman–Crippen MR) is 133 cm³/mol. The van der Waals surface area contributed by atoms with Crippen LogP contribution in [0.3, 0.4) is 0 Å². The summed E-state index contributed by atoms with van der Waals surface area (Å²) in [5.74, 6) is 0.472. The Bertz CT molecular complexity index is 1410. The molecular formula is C25H24FN3O2S2. The van der Waals surface area contributed by atoms with Crippen molar-refractivity contribution in [1.82, 2.24) is 14.9 Å². The van der Waals surface area contributed by atoms with Gasteiger partial charge in [0.05, 0.1) is 16.0 Å². The van der Waals surface area contributed by atoms with Crippen molar-refractivity contribution in [1.29, 1.82) is 0 Å². The van der Waals surface area contributed by atoms with Gasteiger partial charge in [0.1, 0.15) is 16.5 Å². The maximum absolute atomic E-state index is 14.0. The highest BCUT2D eigenvalue weighted by Crippen LogP contribution is 2.30. The van der Waals surface area contributed by atoms with Crippen molar-refractivity contribution in [3.05, 3.63) is 91.6 Å². The molecule has 2 heterocycles. The van der Waals surface area contributed by atoms with Crippen molar-refractivity contribution >= 4 is 39.2 Å². The van der Waals surface area contributed by atoms with Gasteiger partial charge in [0.15, 0.2) is 0 Å². The van der Waals surface area contributed by atoms with Gasteiger partial charge in [-0.3, -0.25) is 9.59 Å². The summed E-state index contributed by atoms with van der Waals surface area (Å²) in [6, 6.07) is 12.7. The molecule has 0 unspecified atom stereocenters. The fourth-order valence-corrected chi connectivity index (χ4v) is 5.79. The van der Waals surface area contributed by atoms with Crippen LogP contribution in [0.4, 0.5) is 4.39 Å². The van der Waals surface area contributed by atoms with Crippen LogP contribution in [0.25, 0.3) is 10.2 Å². The highest BCUT2D eigenvalue weighted by atomic mass is 32.2. The lowest BCUT2D eigenvalue weighted by Crippen LogP contribution is -2.26. The molecular weight excluding hydrogens is 457 g/mol. The standard InChI is InChI=1S/C25H24FN3O2S2/c1-14-9-10-15(2)19(11-14)32-13-20-27-23(30)21-16(3)22(33-24(21)28-20)25(31)29(4)12-17-7-5-6-8-18(17)26/h5-11H,12-13H2,1-4H3,(H,27,28,30). The Morgan fingerprint density at radius 3 is 2.70 bits per heavy atom. The molecule has 1 amide bonds. The summed E-state index contributed by atoms with van der Waals surface area (Å²) in [7, 11) is 1.63. The van der Waals surface area contributed by atoms with E-state index in [1.807, 2.05) is 6.92 Å². The quantitative estimate of drug-likeness (QED) is 0.363. The van der Waals surface area contributed by atoms with Crippen LogP contribution in [0.5, 0.6) is 0 Å². The van der Waals surface area contributed by atoms with Crippen LogP contribution < -0.4 is 5.56 Å². The summed E-state index contributed by atoms with van der Waals surface area (Å²) in [6.45, 7) is 6.00. The van der Waals surface area contributed by atoms with Gasteiger partial charge >= 0.3 is 0 Å². The molecule has 0 bridgehead atoms. The number of carbonyl (C=O) groups excluding carboxylic acids is 1. The van der Waals surface area contributed by atoms with Gasteiger partial charge < -0.3 is 9.88 Å². The Morgan fingerprint density at radius 2 is 1.94 bits per heavy atom. The highest BCUT2D eigenvalue weighted by Gasteiger charge is 2.22. The Labute approximate surface area is 199 Å². The van der Waals surface area contributed by atoms with E-state index in [9.17, 15) is 14.0 Å². The van der Waals surface area contributed by atoms with E-state index in [1.54, 1.807) is 43.9 Å². The predicted octanol–water partition coefficient (Wildman–Crippen LogP) is 5.61. The molecule has 4 aromatic rings. The van der Waals surface area contributed by atoms with E-state index in [0.717, 1.165) is 4.90 Å². The van der Waals surface area contributed by atoms with Crippen molar-refractivity contribution in [2.24, 2.45) is 0 Å². The molecule has 0 atom stereocenters. The average molecular weight is 482 g/mol. The fourth-order valence-electron chi connectivity index (χ4n) is 3.60. The smallest absolute Gasteiger partial charge is 0.264 e. The first-order valence-electron chi connectivity index (χ1n) is 10.5. The van der Waals surface area contributed by atoms with E-state index >= 15 is 0 Å². The van der Waals surface area contributed by atoms with E-state index in [1.165, 1.54) is 33.4 Å². The number of aryl methyl sites for hydroxylation is 3. The first-order valence-corrected chi connectivity index (χ1v) is 12.3. The number of H-pyrrole nitrogens is 1. The molecule has 5 nitrogen and oxygen atoms in total. The van der Waals surface area contributed by atoms with Crippen LogP contribution >= 0.6 is 23.1 Å². The van der Waals surface area contributed by atoms with Gasteiger partial charge in [-0.05, 0) is 44.0 Å². The number of nitrogens with one attached hydrogen (secondary N) is 1. The van der Waals surface area contributed by atoms with Crippen molar-refractivity contribution < 1.29 is 9.18 Å². The summed E-state index contributed by atoms with van der Waals surface area (Å²) in [5, 5.41) is 0.433. The molecule has 0 fully saturated rings. The Balaban J connectivity index is 1.59. The summed E-state index contributed by atoms with van der Waals surface area (Å²) in [5.41, 5.74) is 3.14. The summed E-state index contributed by atoms with van der Waals surface area (Å²) in [4.78, 5) is 37.0. The average Bonchev–Trinajstić information content (AvgIpc) is 3.12. The number of hydrogen-bond donors (Lipinski definition) is 1. The number of aromatic amines is 1. The molecule has 1 N–H and O–H groups in total. The van der Waals surface area contributed by atoms with E-state index in [-0.39, 0.29) is 23.8 Å². The number of aromatic nitrogens is 2. The van der Waals surface area contributed by atoms with Gasteiger partial charge in [-0.25, -0.2) is 9.37 Å². The van der Waals surface area contributed by atoms with Crippen molar-refractivity contribution in [3.8, 4) is 0 Å². The second-order valence-electron chi connectivity index (χ2n) is 8.06. The lowest BCUT2D eigenvalue weighted by atomic mass is 10.1. The number of benzene rings is 2. The minimum absolute atomic E-state index is 0.140. The third-order valence-corrected chi connectivity index (χ3v) is 7.81. The largest absolute Gasteiger partial charge is 0.337 e. The second kappa shape index (κ2) is 9.49. The number of rotatable bonds is 6. The first-order chi connectivity index (χ1) is 15.7. The van der Waals surface area contributed by atoms with E-state index in [0.29, 0.717) is 37.8 Å². The molecule has 4 rings (SSSR count). The Morgan fingerprint density at radius 1 is 1.18 bits per heavy atom. The highest BCUT2D eigenvalue weighted by molar-refractivity contribution is 7.98. The number of amides is 1. The van der Waals surface area contributed by atoms with Gasteiger partial charge in [-0.1, -0.05) is 35.9 Å². The van der Waals surface area contributed by atoms with Gasteiger partial charge in [-0.15, -0.1) is 23.1 Å². The van der Waals surface area contributed by atoms with E-state index in [4.69, 9.17) is 0 Å². The maximum atomic E-state index is 14.0. The van der Waals surface area contributed by atoms with Gasteiger partial charge in [0.25, 0.3) is 11.5 Å². The molecule has 0 saturated carbocycles. The number of thioether (sulfide) groups is 1. The van der Waals surface area contributed by atoms with Crippen LogP contribution in [0, 0.1) is 26.6 Å². The van der Waals surface area contributed by atoms with Crippen LogP contribution in [0.2, 0.25) is 0 Å². The zero-order chi connectivity index (χ0) is 23.7. The molecule has 0 saturated heterocycles. The molecule has 33 heavy (non-hydrogen) atoms. The van der Waals surface area contributed by atoms with Crippen molar-refractivity contribution in [2.45, 2.75) is 38.0 Å². The molecule has 0 aliphatic rings. The molecule has 170 valence electrons. The summed E-state index contributed by atoms with van der Waals surface area (Å²) >= 11 is 2.82. The lowest BCUT2D eigenvalue weighted by molar-refractivity contribution is 0.0788. The minimum atomic E-state index is -0.352. The van der Waals surface area contributed by atoms with Crippen LogP contribution in [-0.2, 0) is 12.3 Å². The van der Waals surface area contributed by atoms with Crippen molar-refractivity contribution in [2.75, 3.05) is 7.05 Å². The SMILES string of the molecule is Cc1ccc(C)c(SCc2nc3sc(C(=O)N(C)Cc4ccccc4F)c(C)c3c(=O)[nH]2)c1. The molecule has 0 aliphatic heterocycles. The number of thiophene rings is 1. The van der Waals surface area contributed by atoms with Crippen LogP contribution in [0.15, 0.2) is 52.2 Å². The third kappa shape index (κ3) is 4.86. The molecule has 2 aromatic heterocycles. The number of halogens is 1. The Hall–Kier alpha value is -2.97. The molecule has 0 radical (unpaired) electrons. The molecule has 0 spiro atoms. The lowest BCUT2D eigenvalue weighted by Gasteiger charge is -2.17. The summed E-state index contributed by atoms with van der Waals surface area (Å²) in [6.07, 6.45) is 0. The normalized spacial score (nSPS) is 11.2. The van der Waals surface area contributed by atoms with Gasteiger partial charge in [-0.2, -0.15) is 0 Å². The number of hydrogen-bond acceptors (Lipinski definition) is 5. The van der Waals surface area contributed by atoms with Crippen LogP contribution in [0.1, 0.15) is 37.7 Å². The zero-order valence-electron chi connectivity index (χ0n) is 18.9. The maximum Gasteiger partial charge on any atom is 0.264 e. The fraction of sp³-hybridized carbons (Fsp3) is 0.240. The molecule has 0 aliphatic carbocycles. The monoisotopic (exact) mass is 481 g/mol. The van der Waals surface area contributed by atoms with E-state index < -0.39 is 0 Å². The zero-order valence-corrected chi connectivity index (χ0v) is 20.5. The summed E-state index contributed by atoms with van der Waals surface area (Å²) < 4.78 is 14.0. The number of fused-ring (bicyclic) bond motifs is 1. The topological polar surface area (TPSA) is 66.1 Å². The second-order valence-corrected chi connectivity index (χ2v) is 10.1. The number of carbonyl (C=O) groups is 1. The third-order valence-electron chi connectivity index (χ3n) is 5.46. The van der Waals surface area contributed by atoms with E-state index in [2.05, 4.69) is 35.1 Å². The first kappa shape index (κ1) is 23.2. The van der Waals surface area contributed by atoms with Crippen molar-refractivity contribution in [3.63, 3.8) is 0 Å². The van der Waals surface area contributed by atoms with Crippen LogP contribution in [-0.4, -0.2) is 27.8 Å².